The lowest BCUT2D eigenvalue weighted by atomic mass is 9.87. The Morgan fingerprint density at radius 1 is 0.826 bits per heavy atom. The highest BCUT2D eigenvalue weighted by Gasteiger charge is 2.19. The van der Waals surface area contributed by atoms with Crippen molar-refractivity contribution < 1.29 is 0 Å². The van der Waals surface area contributed by atoms with Gasteiger partial charge in [-0.05, 0) is 48.1 Å². The van der Waals surface area contributed by atoms with Crippen molar-refractivity contribution in [2.45, 2.75) is 33.1 Å². The summed E-state index contributed by atoms with van der Waals surface area (Å²) in [6.45, 7) is 6.38. The second kappa shape index (κ2) is 6.74. The van der Waals surface area contributed by atoms with E-state index < -0.39 is 0 Å². The highest BCUT2D eigenvalue weighted by atomic mass is 14.9. The molecule has 0 bridgehead atoms. The zero-order valence-electron chi connectivity index (χ0n) is 14.0. The predicted molar refractivity (Wildman–Crippen MR) is 95.5 cm³/mol. The number of aryl methyl sites for hydroxylation is 2. The van der Waals surface area contributed by atoms with Crippen molar-refractivity contribution in [2.75, 3.05) is 0 Å². The molecule has 3 aromatic rings. The van der Waals surface area contributed by atoms with Crippen molar-refractivity contribution in [3.63, 3.8) is 0 Å². The molecule has 0 N–H and O–H groups in total. The van der Waals surface area contributed by atoms with E-state index in [1.165, 1.54) is 22.3 Å². The first-order chi connectivity index (χ1) is 11.2. The summed E-state index contributed by atoms with van der Waals surface area (Å²) in [6, 6.07) is 17.2. The van der Waals surface area contributed by atoms with E-state index in [-0.39, 0.29) is 5.92 Å². The summed E-state index contributed by atoms with van der Waals surface area (Å²) < 4.78 is 0. The number of nitrogens with zero attached hydrogens (tertiary/aromatic N) is 2. The van der Waals surface area contributed by atoms with Crippen LogP contribution in [-0.2, 0) is 0 Å². The van der Waals surface area contributed by atoms with E-state index in [4.69, 9.17) is 0 Å². The molecule has 2 nitrogen and oxygen atoms in total. The third kappa shape index (κ3) is 3.16. The second-order valence-corrected chi connectivity index (χ2v) is 5.98. The maximum atomic E-state index is 4.57. The molecular formula is C21H22N2. The van der Waals surface area contributed by atoms with E-state index >= 15 is 0 Å². The van der Waals surface area contributed by atoms with Gasteiger partial charge in [0.2, 0.25) is 0 Å². The molecule has 0 aliphatic heterocycles. The first kappa shape index (κ1) is 15.4. The Hall–Kier alpha value is -2.48. The van der Waals surface area contributed by atoms with Crippen molar-refractivity contribution in [3.8, 4) is 11.1 Å². The fraction of sp³-hybridized carbons (Fsp3) is 0.238. The molecule has 0 fully saturated rings. The van der Waals surface area contributed by atoms with Gasteiger partial charge in [-0.1, -0.05) is 55.5 Å². The normalized spacial score (nSPS) is 12.1. The Balaban J connectivity index is 2.12. The van der Waals surface area contributed by atoms with E-state index in [9.17, 15) is 0 Å². The maximum absolute atomic E-state index is 4.57. The van der Waals surface area contributed by atoms with Crippen LogP contribution in [0, 0.1) is 13.8 Å². The molecule has 2 aromatic carbocycles. The van der Waals surface area contributed by atoms with Gasteiger partial charge in [0, 0.05) is 18.3 Å². The molecule has 0 saturated carbocycles. The molecule has 2 heteroatoms. The Morgan fingerprint density at radius 3 is 2.09 bits per heavy atom. The van der Waals surface area contributed by atoms with Crippen LogP contribution in [0.5, 0.6) is 0 Å². The highest BCUT2D eigenvalue weighted by molar-refractivity contribution is 5.71. The van der Waals surface area contributed by atoms with Gasteiger partial charge in [-0.3, -0.25) is 0 Å². The smallest absolute Gasteiger partial charge is 0.135 e. The van der Waals surface area contributed by atoms with Gasteiger partial charge < -0.3 is 0 Å². The lowest BCUT2D eigenvalue weighted by Crippen LogP contribution is -2.07. The van der Waals surface area contributed by atoms with Crippen LogP contribution in [0.15, 0.2) is 60.9 Å². The monoisotopic (exact) mass is 302 g/mol. The molecule has 0 spiro atoms. The first-order valence-corrected chi connectivity index (χ1v) is 8.14. The van der Waals surface area contributed by atoms with E-state index in [1.807, 2.05) is 19.3 Å². The third-order valence-corrected chi connectivity index (χ3v) is 4.29. The molecule has 116 valence electrons. The van der Waals surface area contributed by atoms with Crippen LogP contribution in [-0.4, -0.2) is 9.97 Å². The summed E-state index contributed by atoms with van der Waals surface area (Å²) in [6.07, 6.45) is 4.79. The van der Waals surface area contributed by atoms with Crippen LogP contribution in [0.2, 0.25) is 0 Å². The molecular weight excluding hydrogens is 280 g/mol. The van der Waals surface area contributed by atoms with Crippen LogP contribution in [0.25, 0.3) is 11.1 Å². The third-order valence-electron chi connectivity index (χ3n) is 4.29. The van der Waals surface area contributed by atoms with Crippen molar-refractivity contribution in [3.05, 3.63) is 83.4 Å². The van der Waals surface area contributed by atoms with E-state index in [1.54, 1.807) is 0 Å². The van der Waals surface area contributed by atoms with Crippen molar-refractivity contribution in [2.24, 2.45) is 0 Å². The number of hydrogen-bond donors (Lipinski definition) is 0. The van der Waals surface area contributed by atoms with Gasteiger partial charge in [-0.15, -0.1) is 0 Å². The van der Waals surface area contributed by atoms with Gasteiger partial charge in [0.05, 0.1) is 0 Å². The zero-order valence-corrected chi connectivity index (χ0v) is 14.0. The van der Waals surface area contributed by atoms with Gasteiger partial charge in [-0.25, -0.2) is 9.97 Å². The molecule has 1 heterocycles. The summed E-state index contributed by atoms with van der Waals surface area (Å²) in [5.74, 6) is 1.12. The standard InChI is InChI=1S/C21H22N2/c1-4-17(21-22-13-15(2)14-23-21)19-11-7-8-12-20(19)18-10-6-5-9-16(18)3/h5-14,17H,4H2,1-3H3. The predicted octanol–water partition coefficient (Wildman–Crippen LogP) is 5.30. The van der Waals surface area contributed by atoms with Crippen LogP contribution >= 0.6 is 0 Å². The van der Waals surface area contributed by atoms with E-state index in [2.05, 4.69) is 72.3 Å². The number of benzene rings is 2. The van der Waals surface area contributed by atoms with E-state index in [0.29, 0.717) is 0 Å². The fourth-order valence-electron chi connectivity index (χ4n) is 3.05. The van der Waals surface area contributed by atoms with Crippen molar-refractivity contribution in [1.29, 1.82) is 0 Å². The first-order valence-electron chi connectivity index (χ1n) is 8.14. The minimum atomic E-state index is 0.214. The quantitative estimate of drug-likeness (QED) is 0.653. The summed E-state index contributed by atoms with van der Waals surface area (Å²) in [7, 11) is 0. The molecule has 1 atom stereocenters. The minimum absolute atomic E-state index is 0.214. The Kier molecular flexibility index (Phi) is 4.52. The number of rotatable bonds is 4. The summed E-state index contributed by atoms with van der Waals surface area (Å²) in [5, 5.41) is 0. The molecule has 0 aliphatic rings. The van der Waals surface area contributed by atoms with E-state index in [0.717, 1.165) is 17.8 Å². The molecule has 0 saturated heterocycles. The lowest BCUT2D eigenvalue weighted by Gasteiger charge is -2.19. The average molecular weight is 302 g/mol. The zero-order chi connectivity index (χ0) is 16.2. The summed E-state index contributed by atoms with van der Waals surface area (Å²) in [5.41, 5.74) is 6.25. The van der Waals surface area contributed by atoms with Crippen LogP contribution in [0.1, 0.15) is 41.8 Å². The topological polar surface area (TPSA) is 25.8 Å². The highest BCUT2D eigenvalue weighted by Crippen LogP contribution is 2.35. The average Bonchev–Trinajstić information content (AvgIpc) is 2.58. The maximum Gasteiger partial charge on any atom is 0.135 e. The summed E-state index contributed by atoms with van der Waals surface area (Å²) in [4.78, 5) is 9.14. The molecule has 3 rings (SSSR count). The van der Waals surface area contributed by atoms with Gasteiger partial charge >= 0.3 is 0 Å². The number of aromatic nitrogens is 2. The fourth-order valence-corrected chi connectivity index (χ4v) is 3.05. The molecule has 0 aliphatic carbocycles. The Labute approximate surface area is 138 Å². The number of hydrogen-bond acceptors (Lipinski definition) is 2. The summed E-state index contributed by atoms with van der Waals surface area (Å²) >= 11 is 0. The van der Waals surface area contributed by atoms with Crippen molar-refractivity contribution in [1.82, 2.24) is 9.97 Å². The van der Waals surface area contributed by atoms with Crippen LogP contribution in [0.4, 0.5) is 0 Å². The SMILES string of the molecule is CCC(c1ncc(C)cn1)c1ccccc1-c1ccccc1C. The minimum Gasteiger partial charge on any atom is -0.240 e. The molecule has 1 aromatic heterocycles. The Morgan fingerprint density at radius 2 is 1.43 bits per heavy atom. The largest absolute Gasteiger partial charge is 0.240 e. The second-order valence-electron chi connectivity index (χ2n) is 5.98. The molecule has 0 amide bonds. The Bertz CT molecular complexity index is 791. The van der Waals surface area contributed by atoms with Crippen molar-refractivity contribution >= 4 is 0 Å². The molecule has 1 unspecified atom stereocenters. The van der Waals surface area contributed by atoms with Gasteiger partial charge in [0.15, 0.2) is 0 Å². The van der Waals surface area contributed by atoms with Gasteiger partial charge in [0.1, 0.15) is 5.82 Å². The molecule has 0 radical (unpaired) electrons. The van der Waals surface area contributed by atoms with Gasteiger partial charge in [-0.2, -0.15) is 0 Å². The lowest BCUT2D eigenvalue weighted by molar-refractivity contribution is 0.716. The molecule has 23 heavy (non-hydrogen) atoms. The van der Waals surface area contributed by atoms with Crippen LogP contribution in [0.3, 0.4) is 0 Å². The van der Waals surface area contributed by atoms with Gasteiger partial charge in [0.25, 0.3) is 0 Å². The van der Waals surface area contributed by atoms with Crippen LogP contribution < -0.4 is 0 Å².